The van der Waals surface area contributed by atoms with E-state index in [0.717, 1.165) is 26.9 Å². The number of aryl methyl sites for hydroxylation is 1. The first kappa shape index (κ1) is 11.5. The fourth-order valence-corrected chi connectivity index (χ4v) is 2.48. The zero-order chi connectivity index (χ0) is 12.7. The molecule has 0 amide bonds. The molecule has 0 saturated heterocycles. The van der Waals surface area contributed by atoms with Crippen LogP contribution >= 0.6 is 15.9 Å². The molecule has 2 aromatic carbocycles. The van der Waals surface area contributed by atoms with Crippen molar-refractivity contribution in [1.82, 2.24) is 9.97 Å². The summed E-state index contributed by atoms with van der Waals surface area (Å²) in [5.41, 5.74) is 5.68. The van der Waals surface area contributed by atoms with Gasteiger partial charge in [-0.05, 0) is 43.2 Å². The number of rotatable bonds is 1. The highest BCUT2D eigenvalue weighted by atomic mass is 79.9. The monoisotopic (exact) mass is 300 g/mol. The number of aromatic amines is 1. The summed E-state index contributed by atoms with van der Waals surface area (Å²) in [5.74, 6) is 0.925. The van der Waals surface area contributed by atoms with Crippen LogP contribution in [0.3, 0.4) is 0 Å². The average Bonchev–Trinajstić information content (AvgIpc) is 2.75. The predicted molar refractivity (Wildman–Crippen MR) is 78.7 cm³/mol. The second-order valence-electron chi connectivity index (χ2n) is 4.52. The van der Waals surface area contributed by atoms with Gasteiger partial charge in [0.05, 0.1) is 11.0 Å². The lowest BCUT2D eigenvalue weighted by atomic mass is 10.1. The summed E-state index contributed by atoms with van der Waals surface area (Å²) in [7, 11) is 0. The Balaban J connectivity index is 2.22. The Morgan fingerprint density at radius 1 is 1.11 bits per heavy atom. The summed E-state index contributed by atoms with van der Waals surface area (Å²) < 4.78 is 1.11. The number of H-pyrrole nitrogens is 1. The molecule has 3 aromatic rings. The van der Waals surface area contributed by atoms with Crippen LogP contribution in [0.4, 0.5) is 0 Å². The normalized spacial score (nSPS) is 11.1. The van der Waals surface area contributed by atoms with Crippen LogP contribution in [0.1, 0.15) is 11.1 Å². The van der Waals surface area contributed by atoms with Crippen LogP contribution in [0.5, 0.6) is 0 Å². The number of hydrogen-bond donors (Lipinski definition) is 1. The lowest BCUT2D eigenvalue weighted by molar-refractivity contribution is 1.30. The molecule has 0 unspecified atom stereocenters. The molecular formula is C15H13BrN2. The SMILES string of the molecule is Cc1ccc2nc(-c3cccc(Br)c3C)[nH]c2c1. The zero-order valence-corrected chi connectivity index (χ0v) is 11.9. The van der Waals surface area contributed by atoms with Gasteiger partial charge in [-0.15, -0.1) is 0 Å². The Kier molecular flexibility index (Phi) is 2.71. The number of imidazole rings is 1. The molecule has 0 aliphatic rings. The number of fused-ring (bicyclic) bond motifs is 1. The summed E-state index contributed by atoms with van der Waals surface area (Å²) in [6, 6.07) is 12.4. The second-order valence-corrected chi connectivity index (χ2v) is 5.37. The summed E-state index contributed by atoms with van der Waals surface area (Å²) in [4.78, 5) is 8.04. The number of nitrogens with one attached hydrogen (secondary N) is 1. The number of aromatic nitrogens is 2. The van der Waals surface area contributed by atoms with Gasteiger partial charge in [-0.25, -0.2) is 4.98 Å². The maximum atomic E-state index is 4.65. The van der Waals surface area contributed by atoms with E-state index in [4.69, 9.17) is 0 Å². The van der Waals surface area contributed by atoms with Crippen molar-refractivity contribution < 1.29 is 0 Å². The van der Waals surface area contributed by atoms with E-state index in [0.29, 0.717) is 0 Å². The van der Waals surface area contributed by atoms with E-state index in [1.165, 1.54) is 11.1 Å². The molecule has 0 radical (unpaired) electrons. The molecule has 0 aliphatic carbocycles. The van der Waals surface area contributed by atoms with Gasteiger partial charge in [-0.2, -0.15) is 0 Å². The number of halogens is 1. The van der Waals surface area contributed by atoms with Gasteiger partial charge in [0.1, 0.15) is 5.82 Å². The first-order chi connectivity index (χ1) is 8.65. The van der Waals surface area contributed by atoms with Crippen molar-refractivity contribution >= 4 is 27.0 Å². The van der Waals surface area contributed by atoms with E-state index >= 15 is 0 Å². The Labute approximate surface area is 114 Å². The van der Waals surface area contributed by atoms with E-state index in [1.807, 2.05) is 12.1 Å². The molecule has 3 heteroatoms. The quantitative estimate of drug-likeness (QED) is 0.698. The Hall–Kier alpha value is -1.61. The van der Waals surface area contributed by atoms with Gasteiger partial charge in [-0.3, -0.25) is 0 Å². The predicted octanol–water partition coefficient (Wildman–Crippen LogP) is 4.61. The molecule has 0 atom stereocenters. The summed E-state index contributed by atoms with van der Waals surface area (Å²) in [6.45, 7) is 4.18. The minimum absolute atomic E-state index is 0.925. The van der Waals surface area contributed by atoms with Crippen LogP contribution in [-0.4, -0.2) is 9.97 Å². The topological polar surface area (TPSA) is 28.7 Å². The van der Waals surface area contributed by atoms with E-state index in [2.05, 4.69) is 64.0 Å². The first-order valence-corrected chi connectivity index (χ1v) is 6.66. The van der Waals surface area contributed by atoms with Crippen LogP contribution < -0.4 is 0 Å². The van der Waals surface area contributed by atoms with Crippen molar-refractivity contribution in [2.75, 3.05) is 0 Å². The van der Waals surface area contributed by atoms with Crippen LogP contribution in [0.25, 0.3) is 22.4 Å². The van der Waals surface area contributed by atoms with Crippen LogP contribution in [0, 0.1) is 13.8 Å². The second kappa shape index (κ2) is 4.25. The van der Waals surface area contributed by atoms with Crippen LogP contribution in [-0.2, 0) is 0 Å². The van der Waals surface area contributed by atoms with Gasteiger partial charge in [0, 0.05) is 10.0 Å². The van der Waals surface area contributed by atoms with Crippen molar-refractivity contribution in [2.24, 2.45) is 0 Å². The smallest absolute Gasteiger partial charge is 0.138 e. The number of benzene rings is 2. The van der Waals surface area contributed by atoms with Crippen molar-refractivity contribution in [3.05, 3.63) is 52.0 Å². The highest BCUT2D eigenvalue weighted by Crippen LogP contribution is 2.28. The number of nitrogens with zero attached hydrogens (tertiary/aromatic N) is 1. The van der Waals surface area contributed by atoms with Gasteiger partial charge in [0.15, 0.2) is 0 Å². The molecule has 90 valence electrons. The van der Waals surface area contributed by atoms with Crippen molar-refractivity contribution in [2.45, 2.75) is 13.8 Å². The third-order valence-corrected chi connectivity index (χ3v) is 4.02. The van der Waals surface area contributed by atoms with E-state index < -0.39 is 0 Å². The standard InChI is InChI=1S/C15H13BrN2/c1-9-6-7-13-14(8-9)18-15(17-13)11-4-3-5-12(16)10(11)2/h3-8H,1-2H3,(H,17,18). The van der Waals surface area contributed by atoms with Gasteiger partial charge in [-0.1, -0.05) is 34.1 Å². The Morgan fingerprint density at radius 3 is 2.78 bits per heavy atom. The maximum absolute atomic E-state index is 4.65. The number of hydrogen-bond acceptors (Lipinski definition) is 1. The Bertz CT molecular complexity index is 728. The summed E-state index contributed by atoms with van der Waals surface area (Å²) >= 11 is 3.56. The molecule has 0 fully saturated rings. The molecule has 0 spiro atoms. The molecule has 1 heterocycles. The third kappa shape index (κ3) is 1.85. The molecule has 1 N–H and O–H groups in total. The van der Waals surface area contributed by atoms with Gasteiger partial charge < -0.3 is 4.98 Å². The minimum atomic E-state index is 0.925. The fraction of sp³-hybridized carbons (Fsp3) is 0.133. The average molecular weight is 301 g/mol. The third-order valence-electron chi connectivity index (χ3n) is 3.16. The van der Waals surface area contributed by atoms with E-state index in [-0.39, 0.29) is 0 Å². The largest absolute Gasteiger partial charge is 0.338 e. The van der Waals surface area contributed by atoms with Crippen molar-refractivity contribution in [3.8, 4) is 11.4 Å². The lowest BCUT2D eigenvalue weighted by Crippen LogP contribution is -1.86. The first-order valence-electron chi connectivity index (χ1n) is 5.87. The highest BCUT2D eigenvalue weighted by molar-refractivity contribution is 9.10. The summed E-state index contributed by atoms with van der Waals surface area (Å²) in [6.07, 6.45) is 0. The van der Waals surface area contributed by atoms with Crippen LogP contribution in [0.15, 0.2) is 40.9 Å². The molecule has 18 heavy (non-hydrogen) atoms. The Morgan fingerprint density at radius 2 is 1.94 bits per heavy atom. The maximum Gasteiger partial charge on any atom is 0.138 e. The molecule has 1 aromatic heterocycles. The fourth-order valence-electron chi connectivity index (χ4n) is 2.12. The lowest BCUT2D eigenvalue weighted by Gasteiger charge is -2.03. The van der Waals surface area contributed by atoms with Gasteiger partial charge in [0.2, 0.25) is 0 Å². The molecule has 0 bridgehead atoms. The van der Waals surface area contributed by atoms with Gasteiger partial charge >= 0.3 is 0 Å². The van der Waals surface area contributed by atoms with Crippen molar-refractivity contribution in [1.29, 1.82) is 0 Å². The zero-order valence-electron chi connectivity index (χ0n) is 10.3. The molecule has 0 saturated carbocycles. The molecular weight excluding hydrogens is 288 g/mol. The van der Waals surface area contributed by atoms with E-state index in [1.54, 1.807) is 0 Å². The van der Waals surface area contributed by atoms with E-state index in [9.17, 15) is 0 Å². The molecule has 0 aliphatic heterocycles. The summed E-state index contributed by atoms with van der Waals surface area (Å²) in [5, 5.41) is 0. The molecule has 2 nitrogen and oxygen atoms in total. The van der Waals surface area contributed by atoms with Crippen molar-refractivity contribution in [3.63, 3.8) is 0 Å². The molecule has 3 rings (SSSR count). The van der Waals surface area contributed by atoms with Crippen LogP contribution in [0.2, 0.25) is 0 Å². The minimum Gasteiger partial charge on any atom is -0.338 e. The highest BCUT2D eigenvalue weighted by Gasteiger charge is 2.09. The van der Waals surface area contributed by atoms with Gasteiger partial charge in [0.25, 0.3) is 0 Å².